The SMILES string of the molecule is CC(=O)OC(C)C(=O)NS(=O)(=O)c1ccc(C)cc1. The molecule has 0 saturated heterocycles. The first-order valence-corrected chi connectivity index (χ1v) is 7.01. The van der Waals surface area contributed by atoms with Crippen LogP contribution in [0.1, 0.15) is 19.4 Å². The summed E-state index contributed by atoms with van der Waals surface area (Å²) in [6, 6.07) is 6.02. The second kappa shape index (κ2) is 5.83. The molecule has 1 N–H and O–H groups in total. The Labute approximate surface area is 111 Å². The van der Waals surface area contributed by atoms with Gasteiger partial charge in [-0.2, -0.15) is 0 Å². The summed E-state index contributed by atoms with van der Waals surface area (Å²) in [5.74, 6) is -1.55. The maximum absolute atomic E-state index is 11.9. The van der Waals surface area contributed by atoms with E-state index in [0.29, 0.717) is 0 Å². The summed E-state index contributed by atoms with van der Waals surface area (Å²) in [5.41, 5.74) is 0.901. The molecule has 0 aliphatic heterocycles. The Morgan fingerprint density at radius 1 is 1.21 bits per heavy atom. The number of hydrogen-bond donors (Lipinski definition) is 1. The third-order valence-corrected chi connectivity index (χ3v) is 3.64. The van der Waals surface area contributed by atoms with Gasteiger partial charge in [0, 0.05) is 6.92 Å². The Balaban J connectivity index is 2.83. The average Bonchev–Trinajstić information content (AvgIpc) is 2.27. The van der Waals surface area contributed by atoms with E-state index >= 15 is 0 Å². The molecule has 1 amide bonds. The van der Waals surface area contributed by atoms with Crippen LogP contribution >= 0.6 is 0 Å². The van der Waals surface area contributed by atoms with Crippen LogP contribution in [0.4, 0.5) is 0 Å². The van der Waals surface area contributed by atoms with Crippen LogP contribution in [0.15, 0.2) is 29.2 Å². The molecule has 0 fully saturated rings. The predicted octanol–water partition coefficient (Wildman–Crippen LogP) is 0.752. The van der Waals surface area contributed by atoms with Gasteiger partial charge in [-0.05, 0) is 26.0 Å². The van der Waals surface area contributed by atoms with Crippen molar-refractivity contribution in [3.05, 3.63) is 29.8 Å². The fourth-order valence-corrected chi connectivity index (χ4v) is 2.34. The first kappa shape index (κ1) is 15.2. The predicted molar refractivity (Wildman–Crippen MR) is 67.7 cm³/mol. The zero-order valence-electron chi connectivity index (χ0n) is 10.8. The van der Waals surface area contributed by atoms with Gasteiger partial charge in [0.25, 0.3) is 15.9 Å². The van der Waals surface area contributed by atoms with Crippen LogP contribution in [0.3, 0.4) is 0 Å². The first-order valence-electron chi connectivity index (χ1n) is 5.53. The van der Waals surface area contributed by atoms with E-state index in [0.717, 1.165) is 12.5 Å². The molecule has 0 aliphatic rings. The van der Waals surface area contributed by atoms with E-state index in [1.165, 1.54) is 19.1 Å². The molecule has 0 bridgehead atoms. The summed E-state index contributed by atoms with van der Waals surface area (Å²) in [6.45, 7) is 4.25. The number of ether oxygens (including phenoxy) is 1. The highest BCUT2D eigenvalue weighted by Gasteiger charge is 2.23. The lowest BCUT2D eigenvalue weighted by Gasteiger charge is -2.12. The number of rotatable bonds is 4. The van der Waals surface area contributed by atoms with Crippen molar-refractivity contribution in [2.75, 3.05) is 0 Å². The van der Waals surface area contributed by atoms with Crippen molar-refractivity contribution in [2.24, 2.45) is 0 Å². The highest BCUT2D eigenvalue weighted by atomic mass is 32.2. The van der Waals surface area contributed by atoms with Gasteiger partial charge in [-0.1, -0.05) is 17.7 Å². The molecule has 6 nitrogen and oxygen atoms in total. The Morgan fingerprint density at radius 3 is 2.21 bits per heavy atom. The maximum Gasteiger partial charge on any atom is 0.303 e. The minimum atomic E-state index is -3.95. The van der Waals surface area contributed by atoms with E-state index < -0.39 is 28.0 Å². The molecule has 0 aromatic heterocycles. The van der Waals surface area contributed by atoms with E-state index in [9.17, 15) is 18.0 Å². The van der Waals surface area contributed by atoms with Crippen LogP contribution in [0.25, 0.3) is 0 Å². The van der Waals surface area contributed by atoms with Gasteiger partial charge in [-0.15, -0.1) is 0 Å². The minimum Gasteiger partial charge on any atom is -0.453 e. The quantitative estimate of drug-likeness (QED) is 0.825. The molecule has 0 saturated carbocycles. The molecule has 1 unspecified atom stereocenters. The van der Waals surface area contributed by atoms with Gasteiger partial charge in [-0.3, -0.25) is 9.59 Å². The van der Waals surface area contributed by atoms with Gasteiger partial charge in [0.1, 0.15) is 0 Å². The number of hydrogen-bond acceptors (Lipinski definition) is 5. The summed E-state index contributed by atoms with van der Waals surface area (Å²) >= 11 is 0. The van der Waals surface area contributed by atoms with E-state index in [2.05, 4.69) is 4.74 Å². The molecule has 1 aromatic rings. The van der Waals surface area contributed by atoms with Gasteiger partial charge in [0.05, 0.1) is 4.90 Å². The van der Waals surface area contributed by atoms with Crippen molar-refractivity contribution in [1.29, 1.82) is 0 Å². The van der Waals surface area contributed by atoms with E-state index in [-0.39, 0.29) is 4.90 Å². The number of amides is 1. The second-order valence-electron chi connectivity index (χ2n) is 4.03. The first-order chi connectivity index (χ1) is 8.72. The molecule has 1 rings (SSSR count). The molecule has 0 heterocycles. The number of carbonyl (C=O) groups excluding carboxylic acids is 2. The number of aryl methyl sites for hydroxylation is 1. The topological polar surface area (TPSA) is 89.5 Å². The van der Waals surface area contributed by atoms with Crippen molar-refractivity contribution in [2.45, 2.75) is 31.8 Å². The van der Waals surface area contributed by atoms with Gasteiger partial charge in [0.2, 0.25) is 0 Å². The Kier molecular flexibility index (Phi) is 4.66. The summed E-state index contributed by atoms with van der Waals surface area (Å²) < 4.78 is 30.2. The fourth-order valence-electron chi connectivity index (χ4n) is 1.29. The molecule has 1 atom stereocenters. The zero-order chi connectivity index (χ0) is 14.6. The number of carbonyl (C=O) groups is 2. The van der Waals surface area contributed by atoms with Crippen LogP contribution in [0, 0.1) is 6.92 Å². The average molecular weight is 285 g/mol. The van der Waals surface area contributed by atoms with E-state index in [1.54, 1.807) is 12.1 Å². The third-order valence-electron chi connectivity index (χ3n) is 2.28. The van der Waals surface area contributed by atoms with E-state index in [1.807, 2.05) is 11.6 Å². The molecule has 0 radical (unpaired) electrons. The molecular weight excluding hydrogens is 270 g/mol. The lowest BCUT2D eigenvalue weighted by molar-refractivity contribution is -0.152. The number of sulfonamides is 1. The Hall–Kier alpha value is -1.89. The van der Waals surface area contributed by atoms with E-state index in [4.69, 9.17) is 0 Å². The molecule has 0 aliphatic carbocycles. The molecule has 7 heteroatoms. The molecular formula is C12H15NO5S. The van der Waals surface area contributed by atoms with Crippen molar-refractivity contribution in [1.82, 2.24) is 4.72 Å². The highest BCUT2D eigenvalue weighted by molar-refractivity contribution is 7.90. The summed E-state index contributed by atoms with van der Waals surface area (Å²) in [5, 5.41) is 0. The zero-order valence-corrected chi connectivity index (χ0v) is 11.7. The largest absolute Gasteiger partial charge is 0.453 e. The Bertz CT molecular complexity index is 577. The van der Waals surface area contributed by atoms with Crippen molar-refractivity contribution in [3.8, 4) is 0 Å². The normalized spacial score (nSPS) is 12.6. The summed E-state index contributed by atoms with van der Waals surface area (Å²) in [6.07, 6.45) is -1.17. The Morgan fingerprint density at radius 2 is 1.74 bits per heavy atom. The summed E-state index contributed by atoms with van der Waals surface area (Å²) in [7, 11) is -3.95. The van der Waals surface area contributed by atoms with Crippen molar-refractivity contribution in [3.63, 3.8) is 0 Å². The molecule has 0 spiro atoms. The highest BCUT2D eigenvalue weighted by Crippen LogP contribution is 2.10. The van der Waals surface area contributed by atoms with Gasteiger partial charge in [-0.25, -0.2) is 13.1 Å². The van der Waals surface area contributed by atoms with Crippen LogP contribution in [-0.2, 0) is 24.3 Å². The maximum atomic E-state index is 11.9. The monoisotopic (exact) mass is 285 g/mol. The standard InChI is InChI=1S/C12H15NO5S/c1-8-4-6-11(7-5-8)19(16,17)13-12(15)9(2)18-10(3)14/h4-7,9H,1-3H3,(H,13,15). The van der Waals surface area contributed by atoms with Crippen LogP contribution in [0.2, 0.25) is 0 Å². The number of esters is 1. The second-order valence-corrected chi connectivity index (χ2v) is 5.72. The lowest BCUT2D eigenvalue weighted by atomic mass is 10.2. The van der Waals surface area contributed by atoms with Crippen molar-refractivity contribution < 1.29 is 22.7 Å². The number of benzene rings is 1. The fraction of sp³-hybridized carbons (Fsp3) is 0.333. The lowest BCUT2D eigenvalue weighted by Crippen LogP contribution is -2.39. The van der Waals surface area contributed by atoms with Crippen molar-refractivity contribution >= 4 is 21.9 Å². The van der Waals surface area contributed by atoms with Crippen LogP contribution < -0.4 is 4.72 Å². The summed E-state index contributed by atoms with van der Waals surface area (Å²) in [4.78, 5) is 22.2. The molecule has 19 heavy (non-hydrogen) atoms. The van der Waals surface area contributed by atoms with Gasteiger partial charge >= 0.3 is 5.97 Å². The molecule has 1 aromatic carbocycles. The minimum absolute atomic E-state index is 0.0264. The number of nitrogens with one attached hydrogen (secondary N) is 1. The van der Waals surface area contributed by atoms with Gasteiger partial charge < -0.3 is 4.74 Å². The molecule has 104 valence electrons. The van der Waals surface area contributed by atoms with Crippen LogP contribution in [0.5, 0.6) is 0 Å². The van der Waals surface area contributed by atoms with Crippen LogP contribution in [-0.4, -0.2) is 26.4 Å². The smallest absolute Gasteiger partial charge is 0.303 e. The van der Waals surface area contributed by atoms with Gasteiger partial charge in [0.15, 0.2) is 6.10 Å². The third kappa shape index (κ3) is 4.36.